The van der Waals surface area contributed by atoms with Crippen LogP contribution in [0.1, 0.15) is 22.8 Å². The normalized spacial score (nSPS) is 11.4. The fraction of sp³-hybridized carbons (Fsp3) is 0.211. The zero-order valence-corrected chi connectivity index (χ0v) is 14.8. The van der Waals surface area contributed by atoms with Crippen molar-refractivity contribution in [2.45, 2.75) is 19.4 Å². The molecule has 2 aromatic carbocycles. The van der Waals surface area contributed by atoms with Crippen LogP contribution in [-0.4, -0.2) is 31.0 Å². The van der Waals surface area contributed by atoms with Crippen molar-refractivity contribution >= 4 is 23.5 Å². The Hall–Kier alpha value is -3.42. The number of esters is 1. The Labute approximate surface area is 155 Å². The monoisotopic (exact) mass is 374 g/mol. The van der Waals surface area contributed by atoms with Gasteiger partial charge < -0.3 is 20.5 Å². The summed E-state index contributed by atoms with van der Waals surface area (Å²) in [6.07, 6.45) is -1.25. The number of amides is 2. The van der Waals surface area contributed by atoms with Crippen LogP contribution in [0.3, 0.4) is 0 Å². The molecule has 2 aromatic rings. The zero-order chi connectivity index (χ0) is 20.0. The van der Waals surface area contributed by atoms with Gasteiger partial charge in [0.15, 0.2) is 17.7 Å². The van der Waals surface area contributed by atoms with Crippen LogP contribution >= 0.6 is 0 Å². The summed E-state index contributed by atoms with van der Waals surface area (Å²) in [5.74, 6) is -2.32. The fourth-order valence-electron chi connectivity index (χ4n) is 2.24. The van der Waals surface area contributed by atoms with Crippen LogP contribution in [0.15, 0.2) is 42.5 Å². The Balaban J connectivity index is 1.90. The van der Waals surface area contributed by atoms with Crippen molar-refractivity contribution in [1.82, 2.24) is 0 Å². The molecule has 2 rings (SSSR count). The van der Waals surface area contributed by atoms with E-state index in [-0.39, 0.29) is 12.2 Å². The van der Waals surface area contributed by atoms with Crippen LogP contribution in [0.4, 0.5) is 10.1 Å². The lowest BCUT2D eigenvalue weighted by Crippen LogP contribution is -2.30. The predicted molar refractivity (Wildman–Crippen MR) is 95.8 cm³/mol. The lowest BCUT2D eigenvalue weighted by molar-refractivity contribution is -0.152. The molecule has 0 unspecified atom stereocenters. The Morgan fingerprint density at radius 1 is 1.15 bits per heavy atom. The minimum Gasteiger partial charge on any atom is -0.494 e. The van der Waals surface area contributed by atoms with E-state index in [1.807, 2.05) is 0 Å². The van der Waals surface area contributed by atoms with E-state index in [2.05, 4.69) is 5.32 Å². The van der Waals surface area contributed by atoms with Crippen molar-refractivity contribution in [2.24, 2.45) is 5.73 Å². The highest BCUT2D eigenvalue weighted by atomic mass is 19.1. The summed E-state index contributed by atoms with van der Waals surface area (Å²) in [5, 5.41) is 2.56. The summed E-state index contributed by atoms with van der Waals surface area (Å²) in [4.78, 5) is 35.1. The number of carbonyl (C=O) groups is 3. The standard InChI is InChI=1S/C19H19FN2O5/c1-11(19(25)22-14-6-4-13(5-7-14)18(21)24)27-17(23)10-12-3-8-16(26-2)15(20)9-12/h3-9,11H,10H2,1-2H3,(H2,21,24)(H,22,25)/t11-/m1/s1. The molecule has 0 bridgehead atoms. The van der Waals surface area contributed by atoms with Crippen LogP contribution in [-0.2, 0) is 20.7 Å². The highest BCUT2D eigenvalue weighted by Gasteiger charge is 2.18. The lowest BCUT2D eigenvalue weighted by Gasteiger charge is -2.14. The molecule has 0 spiro atoms. The average molecular weight is 374 g/mol. The third-order valence-corrected chi connectivity index (χ3v) is 3.68. The molecule has 0 saturated heterocycles. The van der Waals surface area contributed by atoms with Crippen LogP contribution < -0.4 is 15.8 Å². The van der Waals surface area contributed by atoms with Gasteiger partial charge in [0.1, 0.15) is 0 Å². The number of ether oxygens (including phenoxy) is 2. The van der Waals surface area contributed by atoms with E-state index in [9.17, 15) is 18.8 Å². The first-order valence-electron chi connectivity index (χ1n) is 8.02. The van der Waals surface area contributed by atoms with E-state index in [0.717, 1.165) is 0 Å². The zero-order valence-electron chi connectivity index (χ0n) is 14.8. The Kier molecular flexibility index (Phi) is 6.48. The molecule has 0 aliphatic heterocycles. The minimum atomic E-state index is -1.06. The van der Waals surface area contributed by atoms with E-state index < -0.39 is 29.7 Å². The molecule has 0 heterocycles. The maximum Gasteiger partial charge on any atom is 0.311 e. The summed E-state index contributed by atoms with van der Waals surface area (Å²) in [6, 6.07) is 10.1. The average Bonchev–Trinajstić information content (AvgIpc) is 2.62. The van der Waals surface area contributed by atoms with Crippen molar-refractivity contribution < 1.29 is 28.2 Å². The third kappa shape index (κ3) is 5.53. The van der Waals surface area contributed by atoms with Crippen molar-refractivity contribution in [3.05, 3.63) is 59.4 Å². The van der Waals surface area contributed by atoms with E-state index in [1.165, 1.54) is 56.5 Å². The van der Waals surface area contributed by atoms with E-state index >= 15 is 0 Å². The van der Waals surface area contributed by atoms with Gasteiger partial charge in [-0.1, -0.05) is 6.07 Å². The quantitative estimate of drug-likeness (QED) is 0.721. The molecule has 0 saturated carbocycles. The first-order chi connectivity index (χ1) is 12.8. The molecule has 1 atom stereocenters. The minimum absolute atomic E-state index is 0.0715. The van der Waals surface area contributed by atoms with Gasteiger partial charge in [-0.3, -0.25) is 14.4 Å². The number of anilines is 1. The van der Waals surface area contributed by atoms with Crippen molar-refractivity contribution in [3.63, 3.8) is 0 Å². The van der Waals surface area contributed by atoms with Gasteiger partial charge >= 0.3 is 5.97 Å². The first kappa shape index (κ1) is 19.9. The molecule has 0 aliphatic carbocycles. The van der Waals surface area contributed by atoms with Gasteiger partial charge in [0.05, 0.1) is 13.5 Å². The number of hydrogen-bond donors (Lipinski definition) is 2. The largest absolute Gasteiger partial charge is 0.494 e. The van der Waals surface area contributed by atoms with Gasteiger partial charge in [-0.25, -0.2) is 4.39 Å². The van der Waals surface area contributed by atoms with E-state index in [4.69, 9.17) is 15.2 Å². The number of methoxy groups -OCH3 is 1. The predicted octanol–water partition coefficient (Wildman–Crippen LogP) is 2.05. The van der Waals surface area contributed by atoms with Crippen LogP contribution in [0, 0.1) is 5.82 Å². The second-order valence-electron chi connectivity index (χ2n) is 5.71. The second kappa shape index (κ2) is 8.79. The molecule has 3 N–H and O–H groups in total. The third-order valence-electron chi connectivity index (χ3n) is 3.68. The summed E-state index contributed by atoms with van der Waals surface area (Å²) in [5.41, 5.74) is 6.27. The molecule has 8 heteroatoms. The van der Waals surface area contributed by atoms with Crippen LogP contribution in [0.5, 0.6) is 5.75 Å². The molecule has 2 amide bonds. The second-order valence-corrected chi connectivity index (χ2v) is 5.71. The van der Waals surface area contributed by atoms with Crippen LogP contribution in [0.25, 0.3) is 0 Å². The van der Waals surface area contributed by atoms with Crippen molar-refractivity contribution in [1.29, 1.82) is 0 Å². The van der Waals surface area contributed by atoms with Gasteiger partial charge in [0.25, 0.3) is 5.91 Å². The van der Waals surface area contributed by atoms with Gasteiger partial charge in [0, 0.05) is 11.3 Å². The Bertz CT molecular complexity index is 852. The lowest BCUT2D eigenvalue weighted by atomic mass is 10.1. The molecule has 0 fully saturated rings. The summed E-state index contributed by atoms with van der Waals surface area (Å²) in [6.45, 7) is 1.42. The summed E-state index contributed by atoms with van der Waals surface area (Å²) < 4.78 is 23.5. The smallest absolute Gasteiger partial charge is 0.311 e. The fourth-order valence-corrected chi connectivity index (χ4v) is 2.24. The number of primary amides is 1. The number of nitrogens with one attached hydrogen (secondary N) is 1. The van der Waals surface area contributed by atoms with Gasteiger partial charge in [-0.2, -0.15) is 0 Å². The van der Waals surface area contributed by atoms with Gasteiger partial charge in [-0.15, -0.1) is 0 Å². The number of rotatable bonds is 7. The number of benzene rings is 2. The Morgan fingerprint density at radius 2 is 1.81 bits per heavy atom. The van der Waals surface area contributed by atoms with Crippen molar-refractivity contribution in [3.8, 4) is 5.75 Å². The molecule has 0 radical (unpaired) electrons. The molecule has 7 nitrogen and oxygen atoms in total. The number of halogens is 1. The van der Waals surface area contributed by atoms with Crippen LogP contribution in [0.2, 0.25) is 0 Å². The number of nitrogens with two attached hydrogens (primary N) is 1. The molecule has 142 valence electrons. The highest BCUT2D eigenvalue weighted by Crippen LogP contribution is 2.18. The first-order valence-corrected chi connectivity index (χ1v) is 8.02. The van der Waals surface area contributed by atoms with Gasteiger partial charge in [0.2, 0.25) is 5.91 Å². The molecular formula is C19H19FN2O5. The SMILES string of the molecule is COc1ccc(CC(=O)O[C@H](C)C(=O)Nc2ccc(C(N)=O)cc2)cc1F. The van der Waals surface area contributed by atoms with E-state index in [1.54, 1.807) is 0 Å². The number of hydrogen-bond acceptors (Lipinski definition) is 5. The molecule has 27 heavy (non-hydrogen) atoms. The van der Waals surface area contributed by atoms with Crippen molar-refractivity contribution in [2.75, 3.05) is 12.4 Å². The number of carbonyl (C=O) groups excluding carboxylic acids is 3. The molecular weight excluding hydrogens is 355 g/mol. The molecule has 0 aliphatic rings. The summed E-state index contributed by atoms with van der Waals surface area (Å²) in [7, 11) is 1.34. The maximum atomic E-state index is 13.6. The molecule has 0 aromatic heterocycles. The topological polar surface area (TPSA) is 108 Å². The summed E-state index contributed by atoms with van der Waals surface area (Å²) >= 11 is 0. The van der Waals surface area contributed by atoms with Gasteiger partial charge in [-0.05, 0) is 48.9 Å². The highest BCUT2D eigenvalue weighted by molar-refractivity contribution is 5.96. The maximum absolute atomic E-state index is 13.6. The Morgan fingerprint density at radius 3 is 2.37 bits per heavy atom. The van der Waals surface area contributed by atoms with E-state index in [0.29, 0.717) is 16.8 Å².